The topological polar surface area (TPSA) is 53.4 Å². The van der Waals surface area contributed by atoms with Gasteiger partial charge in [-0.3, -0.25) is 9.78 Å². The Balaban J connectivity index is 2.00. The molecule has 3 rings (SSSR count). The summed E-state index contributed by atoms with van der Waals surface area (Å²) >= 11 is 0. The van der Waals surface area contributed by atoms with Gasteiger partial charge in [-0.15, -0.1) is 0 Å². The molecule has 4 nitrogen and oxygen atoms in total. The molecule has 1 N–H and O–H groups in total. The first-order valence-electron chi connectivity index (χ1n) is 7.42. The van der Waals surface area contributed by atoms with Gasteiger partial charge in [0.1, 0.15) is 0 Å². The number of hydrogen-bond acceptors (Lipinski definition) is 3. The monoisotopic (exact) mass is 318 g/mol. The lowest BCUT2D eigenvalue weighted by Gasteiger charge is -2.39. The van der Waals surface area contributed by atoms with Gasteiger partial charge in [0.25, 0.3) is 0 Å². The van der Waals surface area contributed by atoms with Crippen LogP contribution in [0.25, 0.3) is 0 Å². The van der Waals surface area contributed by atoms with E-state index in [1.807, 2.05) is 0 Å². The molecule has 0 saturated carbocycles. The van der Waals surface area contributed by atoms with Crippen LogP contribution in [0.2, 0.25) is 0 Å². The van der Waals surface area contributed by atoms with Gasteiger partial charge in [-0.2, -0.15) is 0 Å². The third-order valence-corrected chi connectivity index (χ3v) is 4.22. The highest BCUT2D eigenvalue weighted by atomic mass is 19.2. The molecular formula is C17H16F2N2O2. The molecule has 6 heteroatoms. The van der Waals surface area contributed by atoms with E-state index in [2.05, 4.69) is 4.98 Å². The van der Waals surface area contributed by atoms with E-state index in [0.29, 0.717) is 25.1 Å². The molecular weight excluding hydrogens is 302 g/mol. The van der Waals surface area contributed by atoms with Crippen molar-refractivity contribution in [1.29, 1.82) is 0 Å². The molecule has 0 spiro atoms. The third-order valence-electron chi connectivity index (χ3n) is 4.22. The summed E-state index contributed by atoms with van der Waals surface area (Å²) in [5.41, 5.74) is 0.798. The highest BCUT2D eigenvalue weighted by molar-refractivity contribution is 5.70. The van der Waals surface area contributed by atoms with Gasteiger partial charge in [0.15, 0.2) is 11.6 Å². The zero-order valence-electron chi connectivity index (χ0n) is 12.3. The summed E-state index contributed by atoms with van der Waals surface area (Å²) in [5, 5.41) is 9.29. The maximum atomic E-state index is 14.2. The summed E-state index contributed by atoms with van der Waals surface area (Å²) in [4.78, 5) is 17.3. The third kappa shape index (κ3) is 3.02. The Hall–Kier alpha value is -2.50. The Morgan fingerprint density at radius 1 is 1.22 bits per heavy atom. The highest BCUT2D eigenvalue weighted by Gasteiger charge is 2.35. The zero-order valence-corrected chi connectivity index (χ0v) is 12.3. The Kier molecular flexibility index (Phi) is 4.23. The van der Waals surface area contributed by atoms with Crippen molar-refractivity contribution in [2.75, 3.05) is 11.4 Å². The summed E-state index contributed by atoms with van der Waals surface area (Å²) in [7, 11) is 0. The minimum Gasteiger partial charge on any atom is -0.481 e. The number of carbonyl (C=O) groups is 1. The van der Waals surface area contributed by atoms with Crippen LogP contribution in [0, 0.1) is 17.6 Å². The summed E-state index contributed by atoms with van der Waals surface area (Å²) in [6, 6.07) is 8.96. The molecule has 120 valence electrons. The molecule has 1 aliphatic heterocycles. The smallest absolute Gasteiger partial charge is 0.306 e. The van der Waals surface area contributed by atoms with E-state index in [1.54, 1.807) is 29.3 Å². The molecule has 1 aromatic heterocycles. The lowest BCUT2D eigenvalue weighted by molar-refractivity contribution is -0.142. The predicted octanol–water partition coefficient (Wildman–Crippen LogP) is 3.40. The maximum Gasteiger partial charge on any atom is 0.306 e. The number of aromatic nitrogens is 1. The molecule has 2 atom stereocenters. The van der Waals surface area contributed by atoms with Crippen molar-refractivity contribution in [3.05, 3.63) is 59.9 Å². The average molecular weight is 318 g/mol. The van der Waals surface area contributed by atoms with Crippen molar-refractivity contribution in [2.45, 2.75) is 18.9 Å². The highest BCUT2D eigenvalue weighted by Crippen LogP contribution is 2.38. The summed E-state index contributed by atoms with van der Waals surface area (Å²) in [6.07, 6.45) is 2.30. The summed E-state index contributed by atoms with van der Waals surface area (Å²) in [5.74, 6) is -3.22. The summed E-state index contributed by atoms with van der Waals surface area (Å²) in [6.45, 7) is 0.332. The Morgan fingerprint density at radius 2 is 2.04 bits per heavy atom. The van der Waals surface area contributed by atoms with Crippen LogP contribution >= 0.6 is 0 Å². The van der Waals surface area contributed by atoms with Crippen LogP contribution in [-0.2, 0) is 4.79 Å². The van der Waals surface area contributed by atoms with E-state index in [-0.39, 0.29) is 5.69 Å². The number of benzene rings is 1. The van der Waals surface area contributed by atoms with Crippen LogP contribution in [0.15, 0.2) is 42.6 Å². The van der Waals surface area contributed by atoms with E-state index >= 15 is 0 Å². The van der Waals surface area contributed by atoms with Gasteiger partial charge in [-0.25, -0.2) is 8.78 Å². The van der Waals surface area contributed by atoms with Crippen LogP contribution in [0.5, 0.6) is 0 Å². The maximum absolute atomic E-state index is 14.2. The molecule has 1 aromatic carbocycles. The van der Waals surface area contributed by atoms with Crippen LogP contribution in [0.3, 0.4) is 0 Å². The number of rotatable bonds is 3. The van der Waals surface area contributed by atoms with Crippen molar-refractivity contribution in [1.82, 2.24) is 4.98 Å². The van der Waals surface area contributed by atoms with Gasteiger partial charge in [-0.1, -0.05) is 12.1 Å². The number of pyridine rings is 1. The second-order valence-electron chi connectivity index (χ2n) is 5.60. The predicted molar refractivity (Wildman–Crippen MR) is 81.0 cm³/mol. The number of nitrogens with zero attached hydrogens (tertiary/aromatic N) is 2. The van der Waals surface area contributed by atoms with Gasteiger partial charge in [-0.05, 0) is 37.1 Å². The molecule has 2 heterocycles. The number of piperidine rings is 1. The van der Waals surface area contributed by atoms with E-state index < -0.39 is 29.6 Å². The van der Waals surface area contributed by atoms with Gasteiger partial charge >= 0.3 is 5.97 Å². The lowest BCUT2D eigenvalue weighted by Crippen LogP contribution is -2.40. The van der Waals surface area contributed by atoms with Gasteiger partial charge in [0.05, 0.1) is 23.3 Å². The largest absolute Gasteiger partial charge is 0.481 e. The Labute approximate surface area is 132 Å². The lowest BCUT2D eigenvalue weighted by atomic mass is 9.88. The fourth-order valence-corrected chi connectivity index (χ4v) is 3.05. The molecule has 0 aliphatic carbocycles. The SMILES string of the molecule is O=C(O)C1CCN(c2cccc(F)c2F)C(c2ccccn2)C1. The molecule has 0 amide bonds. The number of carboxylic acids is 1. The minimum atomic E-state index is -0.915. The van der Waals surface area contributed by atoms with Crippen molar-refractivity contribution in [2.24, 2.45) is 5.92 Å². The second kappa shape index (κ2) is 6.32. The molecule has 23 heavy (non-hydrogen) atoms. The van der Waals surface area contributed by atoms with Crippen molar-refractivity contribution in [3.63, 3.8) is 0 Å². The van der Waals surface area contributed by atoms with Crippen LogP contribution in [0.1, 0.15) is 24.6 Å². The Bertz CT molecular complexity index is 709. The fraction of sp³-hybridized carbons (Fsp3) is 0.294. The van der Waals surface area contributed by atoms with Gasteiger partial charge in [0, 0.05) is 12.7 Å². The minimum absolute atomic E-state index is 0.143. The molecule has 2 aromatic rings. The average Bonchev–Trinajstić information content (AvgIpc) is 2.57. The molecule has 0 radical (unpaired) electrons. The first kappa shape index (κ1) is 15.4. The molecule has 1 fully saturated rings. The Morgan fingerprint density at radius 3 is 2.74 bits per heavy atom. The van der Waals surface area contributed by atoms with Crippen LogP contribution in [-0.4, -0.2) is 22.6 Å². The van der Waals surface area contributed by atoms with E-state index in [1.165, 1.54) is 12.1 Å². The van der Waals surface area contributed by atoms with Crippen molar-refractivity contribution >= 4 is 11.7 Å². The molecule has 0 bridgehead atoms. The van der Waals surface area contributed by atoms with Crippen molar-refractivity contribution in [3.8, 4) is 0 Å². The molecule has 2 unspecified atom stereocenters. The first-order valence-corrected chi connectivity index (χ1v) is 7.42. The fourth-order valence-electron chi connectivity index (χ4n) is 3.05. The second-order valence-corrected chi connectivity index (χ2v) is 5.60. The van der Waals surface area contributed by atoms with Crippen LogP contribution in [0.4, 0.5) is 14.5 Å². The standard InChI is InChI=1S/C17H16F2N2O2/c18-12-4-3-6-14(16(12)19)21-9-7-11(17(22)23)10-15(21)13-5-1-2-8-20-13/h1-6,8,11,15H,7,9-10H2,(H,22,23). The number of anilines is 1. The van der Waals surface area contributed by atoms with Gasteiger partial charge < -0.3 is 10.0 Å². The van der Waals surface area contributed by atoms with Crippen LogP contribution < -0.4 is 4.90 Å². The quantitative estimate of drug-likeness (QED) is 0.942. The number of carboxylic acid groups (broad SMARTS) is 1. The number of hydrogen-bond donors (Lipinski definition) is 1. The van der Waals surface area contributed by atoms with E-state index in [4.69, 9.17) is 0 Å². The van der Waals surface area contributed by atoms with E-state index in [0.717, 1.165) is 6.07 Å². The molecule has 1 saturated heterocycles. The summed E-state index contributed by atoms with van der Waals surface area (Å²) < 4.78 is 27.7. The van der Waals surface area contributed by atoms with Crippen molar-refractivity contribution < 1.29 is 18.7 Å². The van der Waals surface area contributed by atoms with E-state index in [9.17, 15) is 18.7 Å². The van der Waals surface area contributed by atoms with Gasteiger partial charge in [0.2, 0.25) is 0 Å². The molecule has 1 aliphatic rings. The first-order chi connectivity index (χ1) is 11.1. The normalized spacial score (nSPS) is 21.2. The number of aliphatic carboxylic acids is 1. The zero-order chi connectivity index (χ0) is 16.4. The number of halogens is 2.